The van der Waals surface area contributed by atoms with Crippen LogP contribution in [0, 0.1) is 0 Å². The van der Waals surface area contributed by atoms with Crippen LogP contribution >= 0.6 is 0 Å². The Kier molecular flexibility index (Phi) is 9.54. The molecule has 1 aliphatic rings. The Labute approximate surface area is 129 Å². The van der Waals surface area contributed by atoms with Gasteiger partial charge in [-0.25, -0.2) is 0 Å². The first-order valence-corrected chi connectivity index (χ1v) is 12.2. The van der Waals surface area contributed by atoms with Crippen LogP contribution in [0.15, 0.2) is 11.6 Å². The number of nitrogens with zero attached hydrogens (tertiary/aromatic N) is 1. The fraction of sp³-hybridized carbons (Fsp3) is 0.889. The third kappa shape index (κ3) is 7.08. The van der Waals surface area contributed by atoms with E-state index in [1.165, 1.54) is 70.5 Å². The zero-order valence-electron chi connectivity index (χ0n) is 14.5. The molecule has 1 saturated heterocycles. The lowest BCUT2D eigenvalue weighted by Crippen LogP contribution is -2.36. The van der Waals surface area contributed by atoms with Gasteiger partial charge in [-0.05, 0) is 45.8 Å². The molecule has 1 fully saturated rings. The third-order valence-corrected chi connectivity index (χ3v) is 6.03. The molecule has 0 N–H and O–H groups in total. The molecule has 0 radical (unpaired) electrons. The number of hydrogen-bond acceptors (Lipinski definition) is 1. The summed E-state index contributed by atoms with van der Waals surface area (Å²) in [6.45, 7) is 12.3. The molecule has 1 heterocycles. The number of hydrogen-bond donors (Lipinski definition) is 0. The molecule has 0 aliphatic carbocycles. The quantitative estimate of drug-likeness (QED) is 0.506. The van der Waals surface area contributed by atoms with Crippen molar-refractivity contribution in [1.82, 2.24) is 4.90 Å². The van der Waals surface area contributed by atoms with Gasteiger partial charge in [-0.2, -0.15) is 0 Å². The van der Waals surface area contributed by atoms with E-state index < -0.39 is 8.80 Å². The monoisotopic (exact) mass is 295 g/mol. The van der Waals surface area contributed by atoms with Gasteiger partial charge >= 0.3 is 0 Å². The maximum absolute atomic E-state index is 2.78. The summed E-state index contributed by atoms with van der Waals surface area (Å²) in [6, 6.07) is 2.07. The second kappa shape index (κ2) is 10.6. The molecule has 0 aromatic rings. The van der Waals surface area contributed by atoms with Crippen molar-refractivity contribution in [2.75, 3.05) is 13.1 Å². The molecule has 0 aromatic carbocycles. The van der Waals surface area contributed by atoms with Crippen molar-refractivity contribution in [2.45, 2.75) is 90.4 Å². The summed E-state index contributed by atoms with van der Waals surface area (Å²) < 4.78 is 0. The van der Waals surface area contributed by atoms with Gasteiger partial charge in [0.05, 0.1) is 0 Å². The van der Waals surface area contributed by atoms with E-state index in [2.05, 4.69) is 37.9 Å². The molecular formula is C18H37NSi. The molecule has 1 aliphatic heterocycles. The predicted octanol–water partition coefficient (Wildman–Crippen LogP) is 5.24. The van der Waals surface area contributed by atoms with Crippen LogP contribution in [-0.4, -0.2) is 32.8 Å². The van der Waals surface area contributed by atoms with E-state index in [1.54, 1.807) is 5.57 Å². The van der Waals surface area contributed by atoms with Crippen LogP contribution in [0.2, 0.25) is 19.1 Å². The minimum Gasteiger partial charge on any atom is -0.297 e. The average Bonchev–Trinajstić information content (AvgIpc) is 2.48. The van der Waals surface area contributed by atoms with Gasteiger partial charge < -0.3 is 0 Å². The van der Waals surface area contributed by atoms with Crippen molar-refractivity contribution < 1.29 is 0 Å². The minimum absolute atomic E-state index is 0.495. The van der Waals surface area contributed by atoms with Gasteiger partial charge in [0.1, 0.15) is 0 Å². The maximum atomic E-state index is 2.78. The van der Waals surface area contributed by atoms with E-state index in [0.717, 1.165) is 0 Å². The van der Waals surface area contributed by atoms with Crippen LogP contribution in [-0.2, 0) is 0 Å². The lowest BCUT2D eigenvalue weighted by molar-refractivity contribution is 0.224. The zero-order valence-corrected chi connectivity index (χ0v) is 15.6. The van der Waals surface area contributed by atoms with Gasteiger partial charge in [-0.3, -0.25) is 4.90 Å². The Morgan fingerprint density at radius 2 is 1.40 bits per heavy atom. The van der Waals surface area contributed by atoms with E-state index in [4.69, 9.17) is 0 Å². The highest BCUT2D eigenvalue weighted by Gasteiger charge is 2.18. The maximum Gasteiger partial charge on any atom is 0.0349 e. The molecule has 1 nitrogen and oxygen atoms in total. The number of allylic oxidation sites excluding steroid dienone is 1. The van der Waals surface area contributed by atoms with Gasteiger partial charge in [0.25, 0.3) is 0 Å². The van der Waals surface area contributed by atoms with Crippen molar-refractivity contribution in [3.8, 4) is 0 Å². The minimum atomic E-state index is -0.495. The standard InChI is InChI=1S/C18H37NSi/c1-5-18(16-20(3)4)17(2)19-14-12-10-8-6-7-9-11-13-15-19/h5,17,20H,6-16H2,1-4H3. The van der Waals surface area contributed by atoms with Crippen LogP contribution in [0.3, 0.4) is 0 Å². The Bertz CT molecular complexity index is 261. The Morgan fingerprint density at radius 1 is 0.950 bits per heavy atom. The predicted molar refractivity (Wildman–Crippen MR) is 95.4 cm³/mol. The zero-order chi connectivity index (χ0) is 14.8. The average molecular weight is 296 g/mol. The lowest BCUT2D eigenvalue weighted by atomic mass is 10.1. The highest BCUT2D eigenvalue weighted by molar-refractivity contribution is 6.56. The molecule has 1 rings (SSSR count). The van der Waals surface area contributed by atoms with Gasteiger partial charge in [-0.1, -0.05) is 63.3 Å². The molecule has 1 atom stereocenters. The van der Waals surface area contributed by atoms with Gasteiger partial charge in [0.2, 0.25) is 0 Å². The van der Waals surface area contributed by atoms with Crippen LogP contribution in [0.5, 0.6) is 0 Å². The molecule has 0 aromatic heterocycles. The summed E-state index contributed by atoms with van der Waals surface area (Å²) in [5.74, 6) is 0. The van der Waals surface area contributed by atoms with E-state index in [-0.39, 0.29) is 0 Å². The Hall–Kier alpha value is -0.0831. The normalized spacial score (nSPS) is 22.6. The fourth-order valence-corrected chi connectivity index (χ4v) is 4.94. The molecule has 0 spiro atoms. The van der Waals surface area contributed by atoms with Crippen LogP contribution in [0.1, 0.15) is 65.2 Å². The van der Waals surface area contributed by atoms with E-state index in [9.17, 15) is 0 Å². The molecule has 118 valence electrons. The van der Waals surface area contributed by atoms with Crippen molar-refractivity contribution in [3.05, 3.63) is 11.6 Å². The molecule has 1 unspecified atom stereocenters. The molecule has 0 bridgehead atoms. The summed E-state index contributed by atoms with van der Waals surface area (Å²) in [4.78, 5) is 2.78. The molecule has 0 amide bonds. The fourth-order valence-electron chi connectivity index (χ4n) is 3.43. The second-order valence-electron chi connectivity index (χ2n) is 7.00. The van der Waals surface area contributed by atoms with Crippen molar-refractivity contribution in [1.29, 1.82) is 0 Å². The first-order chi connectivity index (χ1) is 9.65. The second-order valence-corrected chi connectivity index (χ2v) is 10.2. The molecule has 2 heteroatoms. The summed E-state index contributed by atoms with van der Waals surface area (Å²) in [5, 5.41) is 0. The summed E-state index contributed by atoms with van der Waals surface area (Å²) in [6.07, 6.45) is 13.9. The van der Waals surface area contributed by atoms with Crippen molar-refractivity contribution in [3.63, 3.8) is 0 Å². The topological polar surface area (TPSA) is 3.24 Å². The van der Waals surface area contributed by atoms with Crippen molar-refractivity contribution in [2.24, 2.45) is 0 Å². The summed E-state index contributed by atoms with van der Waals surface area (Å²) >= 11 is 0. The number of rotatable bonds is 4. The highest BCUT2D eigenvalue weighted by atomic mass is 28.3. The van der Waals surface area contributed by atoms with E-state index in [0.29, 0.717) is 6.04 Å². The summed E-state index contributed by atoms with van der Waals surface area (Å²) in [7, 11) is -0.495. The smallest absolute Gasteiger partial charge is 0.0349 e. The van der Waals surface area contributed by atoms with Crippen LogP contribution < -0.4 is 0 Å². The largest absolute Gasteiger partial charge is 0.297 e. The van der Waals surface area contributed by atoms with Crippen molar-refractivity contribution >= 4 is 8.80 Å². The third-order valence-electron chi connectivity index (χ3n) is 4.74. The molecular weight excluding hydrogens is 258 g/mol. The molecule has 0 saturated carbocycles. The van der Waals surface area contributed by atoms with E-state index in [1.807, 2.05) is 0 Å². The SMILES string of the molecule is CC=C(C[SiH](C)C)C(C)N1CCCCCCCCCC1. The van der Waals surface area contributed by atoms with Gasteiger partial charge in [0.15, 0.2) is 0 Å². The van der Waals surface area contributed by atoms with Gasteiger partial charge in [0, 0.05) is 14.8 Å². The van der Waals surface area contributed by atoms with Crippen LogP contribution in [0.4, 0.5) is 0 Å². The van der Waals surface area contributed by atoms with E-state index >= 15 is 0 Å². The first kappa shape index (κ1) is 18.0. The Morgan fingerprint density at radius 3 is 1.80 bits per heavy atom. The molecule has 20 heavy (non-hydrogen) atoms. The summed E-state index contributed by atoms with van der Waals surface area (Å²) in [5.41, 5.74) is 1.71. The van der Waals surface area contributed by atoms with Crippen LogP contribution in [0.25, 0.3) is 0 Å². The highest BCUT2D eigenvalue weighted by Crippen LogP contribution is 2.20. The van der Waals surface area contributed by atoms with Gasteiger partial charge in [-0.15, -0.1) is 0 Å². The Balaban J connectivity index is 2.57. The first-order valence-electron chi connectivity index (χ1n) is 9.04. The lowest BCUT2D eigenvalue weighted by Gasteiger charge is -2.31.